The normalized spacial score (nSPS) is 14.0. The second-order valence-corrected chi connectivity index (χ2v) is 18.1. The molecule has 0 aromatic heterocycles. The van der Waals surface area contributed by atoms with Crippen molar-refractivity contribution < 1.29 is 0 Å². The van der Waals surface area contributed by atoms with Crippen LogP contribution in [-0.2, 0) is 0 Å². The summed E-state index contributed by atoms with van der Waals surface area (Å²) >= 11 is 0. The molecule has 0 fully saturated rings. The first-order valence-corrected chi connectivity index (χ1v) is 23.7. The lowest BCUT2D eigenvalue weighted by Crippen LogP contribution is -2.32. The number of likely N-dealkylation sites (N-methyl/N-ethyl adjacent to an activating group) is 1. The molecule has 13 rings (SSSR count). The number of allylic oxidation sites excluding steroid dienone is 3. The van der Waals surface area contributed by atoms with Gasteiger partial charge in [-0.3, -0.25) is 0 Å². The third-order valence-electron chi connectivity index (χ3n) is 14.4. The fourth-order valence-electron chi connectivity index (χ4n) is 11.3. The minimum atomic E-state index is 0.959. The van der Waals surface area contributed by atoms with E-state index in [1.54, 1.807) is 0 Å². The van der Waals surface area contributed by atoms with Crippen LogP contribution in [0.1, 0.15) is 12.8 Å². The largest absolute Gasteiger partial charge is 0.341 e. The fourth-order valence-corrected chi connectivity index (χ4v) is 11.3. The molecule has 0 amide bonds. The third kappa shape index (κ3) is 6.22. The van der Waals surface area contributed by atoms with Crippen LogP contribution in [0, 0.1) is 0 Å². The lowest BCUT2D eigenvalue weighted by Gasteiger charge is -2.41. The molecule has 0 unspecified atom stereocenters. The zero-order valence-corrected chi connectivity index (χ0v) is 38.1. The molecule has 2 heterocycles. The lowest BCUT2D eigenvalue weighted by atomic mass is 9.82. The summed E-state index contributed by atoms with van der Waals surface area (Å²) in [7, 11) is 4.38. The van der Waals surface area contributed by atoms with Crippen molar-refractivity contribution in [2.24, 2.45) is 0 Å². The van der Waals surface area contributed by atoms with Gasteiger partial charge in [0, 0.05) is 31.2 Å². The molecule has 0 N–H and O–H groups in total. The highest BCUT2D eigenvalue weighted by Gasteiger charge is 2.32. The van der Waals surface area contributed by atoms with Crippen molar-refractivity contribution in [3.05, 3.63) is 242 Å². The summed E-state index contributed by atoms with van der Waals surface area (Å²) in [5, 5.41) is 4.82. The maximum absolute atomic E-state index is 2.54. The van der Waals surface area contributed by atoms with Gasteiger partial charge in [0.25, 0.3) is 0 Å². The SMILES string of the molecule is CN1C2=C(CCC=C2)N(c2ccc3c(-c4ccccc4-c4ccccc4)c4cc(N5c6ccccc6N(C)c6ccccc65)ccc4c(-c4ccccc4-c4ccccc4)c3c2)c2ccccc21. The van der Waals surface area contributed by atoms with E-state index >= 15 is 0 Å². The second-order valence-electron chi connectivity index (χ2n) is 18.1. The Hall–Kier alpha value is -8.60. The molecule has 0 radical (unpaired) electrons. The van der Waals surface area contributed by atoms with E-state index in [1.807, 2.05) is 0 Å². The lowest BCUT2D eigenvalue weighted by molar-refractivity contribution is 0.858. The van der Waals surface area contributed by atoms with Crippen LogP contribution in [0.5, 0.6) is 0 Å². The predicted octanol–water partition coefficient (Wildman–Crippen LogP) is 17.4. The molecule has 0 saturated heterocycles. The standard InChI is InChI=1S/C64H48N4/c1-65-55-29-13-17-33-59(55)67(60-34-18-14-30-56(60)65)45-37-39-51-53(41-45)63(49-27-11-9-25-47(49)43-21-5-3-6-22-43)52-40-38-46(68-61-35-19-15-31-57(61)66(2)58-32-16-20-36-62(58)68)42-54(52)64(51)50-28-12-10-26-48(50)44-23-7-4-8-24-44/h3-19,21-35,37-42H,20,36H2,1-2H3. The molecule has 4 heteroatoms. The van der Waals surface area contributed by atoms with Crippen LogP contribution in [0.4, 0.5) is 45.5 Å². The average Bonchev–Trinajstić information content (AvgIpc) is 3.41. The monoisotopic (exact) mass is 872 g/mol. The smallest absolute Gasteiger partial charge is 0.0699 e. The Labute approximate surface area is 398 Å². The van der Waals surface area contributed by atoms with Crippen molar-refractivity contribution >= 4 is 67.0 Å². The molecular weight excluding hydrogens is 825 g/mol. The summed E-state index contributed by atoms with van der Waals surface area (Å²) in [6, 6.07) is 80.7. The Morgan fingerprint density at radius 1 is 0.338 bits per heavy atom. The van der Waals surface area contributed by atoms with Crippen molar-refractivity contribution in [1.82, 2.24) is 0 Å². The van der Waals surface area contributed by atoms with E-state index in [1.165, 1.54) is 100 Å². The van der Waals surface area contributed by atoms with E-state index < -0.39 is 0 Å². The van der Waals surface area contributed by atoms with E-state index in [-0.39, 0.29) is 0 Å². The highest BCUT2D eigenvalue weighted by Crippen LogP contribution is 2.55. The van der Waals surface area contributed by atoms with E-state index in [9.17, 15) is 0 Å². The molecule has 324 valence electrons. The van der Waals surface area contributed by atoms with Gasteiger partial charge in [-0.2, -0.15) is 0 Å². The topological polar surface area (TPSA) is 13.0 Å². The molecule has 0 saturated carbocycles. The van der Waals surface area contributed by atoms with Crippen molar-refractivity contribution in [3.63, 3.8) is 0 Å². The molecule has 10 aromatic carbocycles. The zero-order chi connectivity index (χ0) is 45.3. The van der Waals surface area contributed by atoms with Crippen molar-refractivity contribution in [1.29, 1.82) is 0 Å². The molecule has 3 aliphatic rings. The maximum atomic E-state index is 2.54. The van der Waals surface area contributed by atoms with Gasteiger partial charge < -0.3 is 19.6 Å². The first-order valence-electron chi connectivity index (χ1n) is 23.7. The van der Waals surface area contributed by atoms with Crippen molar-refractivity contribution in [2.75, 3.05) is 33.7 Å². The van der Waals surface area contributed by atoms with Gasteiger partial charge >= 0.3 is 0 Å². The van der Waals surface area contributed by atoms with Crippen LogP contribution in [0.2, 0.25) is 0 Å². The Bertz CT molecular complexity index is 3630. The number of fused-ring (bicyclic) bond motifs is 5. The number of benzene rings is 10. The zero-order valence-electron chi connectivity index (χ0n) is 38.1. The molecule has 2 aliphatic heterocycles. The summed E-state index contributed by atoms with van der Waals surface area (Å²) in [4.78, 5) is 9.67. The van der Waals surface area contributed by atoms with Gasteiger partial charge in [0.05, 0.1) is 39.8 Å². The third-order valence-corrected chi connectivity index (χ3v) is 14.4. The summed E-state index contributed by atoms with van der Waals surface area (Å²) in [6.07, 6.45) is 6.59. The molecule has 10 aromatic rings. The van der Waals surface area contributed by atoms with Gasteiger partial charge in [-0.05, 0) is 146 Å². The van der Waals surface area contributed by atoms with Gasteiger partial charge in [0.2, 0.25) is 0 Å². The van der Waals surface area contributed by atoms with Gasteiger partial charge in [0.15, 0.2) is 0 Å². The van der Waals surface area contributed by atoms with E-state index in [0.29, 0.717) is 0 Å². The molecule has 0 spiro atoms. The van der Waals surface area contributed by atoms with Crippen molar-refractivity contribution in [2.45, 2.75) is 12.8 Å². The predicted molar refractivity (Wildman–Crippen MR) is 288 cm³/mol. The Morgan fingerprint density at radius 3 is 1.24 bits per heavy atom. The molecule has 1 aliphatic carbocycles. The van der Waals surface area contributed by atoms with Crippen LogP contribution >= 0.6 is 0 Å². The number of anilines is 8. The number of hydrogen-bond acceptors (Lipinski definition) is 4. The maximum Gasteiger partial charge on any atom is 0.0699 e. The first-order chi connectivity index (χ1) is 33.6. The molecular formula is C64H48N4. The highest BCUT2D eigenvalue weighted by molar-refractivity contribution is 6.24. The summed E-state index contributed by atoms with van der Waals surface area (Å²) in [6.45, 7) is 0. The molecule has 0 bridgehead atoms. The number of nitrogens with zero attached hydrogens (tertiary/aromatic N) is 4. The molecule has 68 heavy (non-hydrogen) atoms. The fraction of sp³-hybridized carbons (Fsp3) is 0.0625. The Balaban J connectivity index is 1.17. The number of hydrogen-bond donors (Lipinski definition) is 0. The minimum Gasteiger partial charge on any atom is -0.341 e. The van der Waals surface area contributed by atoms with E-state index in [2.05, 4.69) is 264 Å². The van der Waals surface area contributed by atoms with Crippen LogP contribution in [-0.4, -0.2) is 14.1 Å². The number of para-hydroxylation sites is 6. The highest BCUT2D eigenvalue weighted by atomic mass is 15.3. The minimum absolute atomic E-state index is 0.959. The Morgan fingerprint density at radius 2 is 0.735 bits per heavy atom. The van der Waals surface area contributed by atoms with Gasteiger partial charge in [-0.15, -0.1) is 0 Å². The Kier molecular flexibility index (Phi) is 9.40. The number of rotatable bonds is 6. The quantitative estimate of drug-likeness (QED) is 0.154. The van der Waals surface area contributed by atoms with Crippen LogP contribution < -0.4 is 19.6 Å². The van der Waals surface area contributed by atoms with Gasteiger partial charge in [-0.1, -0.05) is 164 Å². The molecule has 4 nitrogen and oxygen atoms in total. The second kappa shape index (κ2) is 16.1. The van der Waals surface area contributed by atoms with Crippen molar-refractivity contribution in [3.8, 4) is 44.5 Å². The molecule has 0 atom stereocenters. The summed E-state index contributed by atoms with van der Waals surface area (Å²) < 4.78 is 0. The van der Waals surface area contributed by atoms with E-state index in [4.69, 9.17) is 0 Å². The average molecular weight is 873 g/mol. The van der Waals surface area contributed by atoms with Crippen LogP contribution in [0.3, 0.4) is 0 Å². The first kappa shape index (κ1) is 39.7. The summed E-state index contributed by atoms with van der Waals surface area (Å²) in [5.41, 5.74) is 21.5. The van der Waals surface area contributed by atoms with E-state index in [0.717, 1.165) is 35.6 Å². The van der Waals surface area contributed by atoms with Crippen LogP contribution in [0.15, 0.2) is 242 Å². The van der Waals surface area contributed by atoms with Gasteiger partial charge in [0.1, 0.15) is 0 Å². The van der Waals surface area contributed by atoms with Gasteiger partial charge in [-0.25, -0.2) is 0 Å². The van der Waals surface area contributed by atoms with Crippen LogP contribution in [0.25, 0.3) is 66.1 Å². The summed E-state index contributed by atoms with van der Waals surface area (Å²) in [5.74, 6) is 0.